The average Bonchev–Trinajstić information content (AvgIpc) is 2.99. The molecule has 0 spiro atoms. The highest BCUT2D eigenvalue weighted by atomic mass is 19.2. The van der Waals surface area contributed by atoms with Crippen LogP contribution in [0.15, 0.2) is 28.5 Å². The third kappa shape index (κ3) is 3.36. The fraction of sp³-hybridized carbons (Fsp3) is 0.625. The summed E-state index contributed by atoms with van der Waals surface area (Å²) in [7, 11) is 0. The molecule has 0 radical (unpaired) electrons. The minimum atomic E-state index is -0.822. The maximum absolute atomic E-state index is 13.3. The molecule has 0 N–H and O–H groups in total. The van der Waals surface area contributed by atoms with Gasteiger partial charge in [-0.25, -0.2) is 8.78 Å². The van der Waals surface area contributed by atoms with E-state index in [2.05, 4.69) is 5.16 Å². The second-order valence-electron chi connectivity index (χ2n) is 6.04. The number of carbonyl (C=O) groups is 1. The van der Waals surface area contributed by atoms with Gasteiger partial charge < -0.3 is 9.74 Å². The summed E-state index contributed by atoms with van der Waals surface area (Å²) >= 11 is 0. The number of oxime groups is 1. The van der Waals surface area contributed by atoms with Gasteiger partial charge in [-0.05, 0) is 37.3 Å². The summed E-state index contributed by atoms with van der Waals surface area (Å²) < 4.78 is 26.3. The molecule has 1 atom stereocenters. The molecule has 0 aromatic carbocycles. The lowest BCUT2D eigenvalue weighted by Gasteiger charge is -2.27. The van der Waals surface area contributed by atoms with Gasteiger partial charge in [-0.2, -0.15) is 0 Å². The SMILES string of the molecule is O=C(CC1CC(C2=CC(F)=C(F)CC2)=NO1)N1CCCCC1. The first-order chi connectivity index (χ1) is 10.6. The Hall–Kier alpha value is -1.72. The highest BCUT2D eigenvalue weighted by molar-refractivity contribution is 6.01. The summed E-state index contributed by atoms with van der Waals surface area (Å²) in [4.78, 5) is 19.4. The molecule has 3 aliphatic rings. The van der Waals surface area contributed by atoms with Crippen LogP contribution in [0.4, 0.5) is 8.78 Å². The van der Waals surface area contributed by atoms with Crippen LogP contribution in [-0.2, 0) is 9.63 Å². The van der Waals surface area contributed by atoms with Crippen LogP contribution in [0.25, 0.3) is 0 Å². The highest BCUT2D eigenvalue weighted by Gasteiger charge is 2.29. The Morgan fingerprint density at radius 2 is 2.05 bits per heavy atom. The summed E-state index contributed by atoms with van der Waals surface area (Å²) in [6, 6.07) is 0. The van der Waals surface area contributed by atoms with E-state index < -0.39 is 11.7 Å². The summed E-state index contributed by atoms with van der Waals surface area (Å²) in [5.41, 5.74) is 1.31. The van der Waals surface area contributed by atoms with Crippen molar-refractivity contribution >= 4 is 11.6 Å². The second kappa shape index (κ2) is 6.58. The van der Waals surface area contributed by atoms with Crippen molar-refractivity contribution in [2.45, 2.75) is 51.0 Å². The number of amides is 1. The van der Waals surface area contributed by atoms with Crippen molar-refractivity contribution in [3.8, 4) is 0 Å². The molecule has 1 unspecified atom stereocenters. The number of halogens is 2. The fourth-order valence-corrected chi connectivity index (χ4v) is 3.09. The van der Waals surface area contributed by atoms with E-state index in [1.165, 1.54) is 12.5 Å². The maximum Gasteiger partial charge on any atom is 0.226 e. The van der Waals surface area contributed by atoms with E-state index in [1.54, 1.807) is 0 Å². The molecule has 1 fully saturated rings. The zero-order valence-corrected chi connectivity index (χ0v) is 12.5. The van der Waals surface area contributed by atoms with Gasteiger partial charge >= 0.3 is 0 Å². The van der Waals surface area contributed by atoms with Crippen molar-refractivity contribution in [1.29, 1.82) is 0 Å². The van der Waals surface area contributed by atoms with Crippen molar-refractivity contribution in [1.82, 2.24) is 4.90 Å². The lowest BCUT2D eigenvalue weighted by atomic mass is 9.95. The molecule has 6 heteroatoms. The predicted molar refractivity (Wildman–Crippen MR) is 78.5 cm³/mol. The van der Waals surface area contributed by atoms with E-state index in [1.807, 2.05) is 4.90 Å². The predicted octanol–water partition coefficient (Wildman–Crippen LogP) is 3.40. The molecule has 120 valence electrons. The molecule has 1 amide bonds. The zero-order chi connectivity index (χ0) is 15.5. The molecular weight excluding hydrogens is 290 g/mol. The standard InChI is InChI=1S/C16H20F2N2O2/c17-13-5-4-11(8-14(13)18)15-9-12(22-19-15)10-16(21)20-6-2-1-3-7-20/h8,12H,1-7,9-10H2. The third-order valence-corrected chi connectivity index (χ3v) is 4.39. The van der Waals surface area contributed by atoms with Gasteiger partial charge in [0.1, 0.15) is 11.9 Å². The minimum absolute atomic E-state index is 0.0636. The molecule has 22 heavy (non-hydrogen) atoms. The van der Waals surface area contributed by atoms with E-state index in [4.69, 9.17) is 4.84 Å². The maximum atomic E-state index is 13.3. The smallest absolute Gasteiger partial charge is 0.226 e. The van der Waals surface area contributed by atoms with E-state index in [-0.39, 0.29) is 18.4 Å². The fourth-order valence-electron chi connectivity index (χ4n) is 3.09. The Kier molecular flexibility index (Phi) is 4.55. The lowest BCUT2D eigenvalue weighted by molar-refractivity contribution is -0.134. The van der Waals surface area contributed by atoms with Gasteiger partial charge in [-0.3, -0.25) is 4.79 Å². The van der Waals surface area contributed by atoms with Crippen molar-refractivity contribution in [3.05, 3.63) is 23.3 Å². The molecule has 0 saturated carbocycles. The van der Waals surface area contributed by atoms with Crippen LogP contribution >= 0.6 is 0 Å². The van der Waals surface area contributed by atoms with Gasteiger partial charge in [0.25, 0.3) is 0 Å². The van der Waals surface area contributed by atoms with Crippen LogP contribution in [0, 0.1) is 0 Å². The molecule has 4 nitrogen and oxygen atoms in total. The van der Waals surface area contributed by atoms with Crippen molar-refractivity contribution in [2.75, 3.05) is 13.1 Å². The van der Waals surface area contributed by atoms with E-state index in [9.17, 15) is 13.6 Å². The quantitative estimate of drug-likeness (QED) is 0.801. The second-order valence-corrected chi connectivity index (χ2v) is 6.04. The molecule has 2 aliphatic heterocycles. The summed E-state index contributed by atoms with van der Waals surface area (Å²) in [5.74, 6) is -1.44. The van der Waals surface area contributed by atoms with Crippen LogP contribution in [0.3, 0.4) is 0 Å². The number of rotatable bonds is 3. The third-order valence-electron chi connectivity index (χ3n) is 4.39. The first-order valence-electron chi connectivity index (χ1n) is 7.89. The number of likely N-dealkylation sites (tertiary alicyclic amines) is 1. The van der Waals surface area contributed by atoms with Crippen molar-refractivity contribution in [2.24, 2.45) is 5.16 Å². The number of allylic oxidation sites excluding steroid dienone is 4. The van der Waals surface area contributed by atoms with Crippen LogP contribution in [0.2, 0.25) is 0 Å². The first kappa shape index (κ1) is 15.2. The van der Waals surface area contributed by atoms with E-state index in [0.717, 1.165) is 25.9 Å². The molecule has 1 aliphatic carbocycles. The van der Waals surface area contributed by atoms with Crippen LogP contribution in [-0.4, -0.2) is 35.7 Å². The Balaban J connectivity index is 1.54. The largest absolute Gasteiger partial charge is 0.391 e. The molecule has 0 bridgehead atoms. The first-order valence-corrected chi connectivity index (χ1v) is 7.89. The Labute approximate surface area is 128 Å². The van der Waals surface area contributed by atoms with Gasteiger partial charge in [0.2, 0.25) is 5.91 Å². The molecule has 0 aromatic heterocycles. The lowest BCUT2D eigenvalue weighted by Crippen LogP contribution is -2.37. The monoisotopic (exact) mass is 310 g/mol. The van der Waals surface area contributed by atoms with Gasteiger partial charge in [-0.15, -0.1) is 0 Å². The average molecular weight is 310 g/mol. The Morgan fingerprint density at radius 3 is 2.77 bits per heavy atom. The number of piperidine rings is 1. The van der Waals surface area contributed by atoms with Gasteiger partial charge in [-0.1, -0.05) is 5.16 Å². The van der Waals surface area contributed by atoms with Gasteiger partial charge in [0.05, 0.1) is 12.1 Å². The van der Waals surface area contributed by atoms with Crippen LogP contribution < -0.4 is 0 Å². The summed E-state index contributed by atoms with van der Waals surface area (Å²) in [6.07, 6.45) is 5.47. The van der Waals surface area contributed by atoms with E-state index in [0.29, 0.717) is 30.5 Å². The number of hydrogen-bond donors (Lipinski definition) is 0. The molecular formula is C16H20F2N2O2. The minimum Gasteiger partial charge on any atom is -0.391 e. The topological polar surface area (TPSA) is 41.9 Å². The number of nitrogens with zero attached hydrogens (tertiary/aromatic N) is 2. The Bertz CT molecular complexity index is 548. The number of carbonyl (C=O) groups excluding carboxylic acids is 1. The van der Waals surface area contributed by atoms with Gasteiger partial charge in [0, 0.05) is 25.9 Å². The van der Waals surface area contributed by atoms with Crippen LogP contribution in [0.5, 0.6) is 0 Å². The van der Waals surface area contributed by atoms with E-state index >= 15 is 0 Å². The molecule has 3 rings (SSSR count). The number of hydrogen-bond acceptors (Lipinski definition) is 3. The zero-order valence-electron chi connectivity index (χ0n) is 12.5. The normalized spacial score (nSPS) is 25.7. The highest BCUT2D eigenvalue weighted by Crippen LogP contribution is 2.30. The van der Waals surface area contributed by atoms with Crippen molar-refractivity contribution in [3.63, 3.8) is 0 Å². The van der Waals surface area contributed by atoms with Crippen LogP contribution in [0.1, 0.15) is 44.9 Å². The van der Waals surface area contributed by atoms with Crippen molar-refractivity contribution < 1.29 is 18.4 Å². The van der Waals surface area contributed by atoms with Gasteiger partial charge in [0.15, 0.2) is 5.83 Å². The summed E-state index contributed by atoms with van der Waals surface area (Å²) in [5, 5.41) is 3.96. The molecule has 2 heterocycles. The molecule has 0 aromatic rings. The summed E-state index contributed by atoms with van der Waals surface area (Å²) in [6.45, 7) is 1.64. The molecule has 1 saturated heterocycles. The Morgan fingerprint density at radius 1 is 1.27 bits per heavy atom.